The lowest BCUT2D eigenvalue weighted by Gasteiger charge is -2.25. The number of hydrogen-bond acceptors (Lipinski definition) is 3. The fourth-order valence-corrected chi connectivity index (χ4v) is 2.85. The van der Waals surface area contributed by atoms with Crippen molar-refractivity contribution >= 4 is 5.65 Å². The van der Waals surface area contributed by atoms with Gasteiger partial charge in [-0.1, -0.05) is 25.3 Å². The highest BCUT2D eigenvalue weighted by atomic mass is 15.3. The standard InChI is InChI=1S/C14H20N4/c1-11(15-12-7-3-2-4-8-12)14-17-16-13-9-5-6-10-18(13)14/h5-6,9-12,15H,2-4,7-8H2,1H3. The fraction of sp³-hybridized carbons (Fsp3) is 0.571. The summed E-state index contributed by atoms with van der Waals surface area (Å²) in [5.74, 6) is 1.01. The molecule has 0 aromatic carbocycles. The van der Waals surface area contributed by atoms with E-state index in [9.17, 15) is 0 Å². The molecule has 1 saturated carbocycles. The minimum absolute atomic E-state index is 0.255. The highest BCUT2D eigenvalue weighted by Gasteiger charge is 2.19. The van der Waals surface area contributed by atoms with Crippen LogP contribution in [0.25, 0.3) is 5.65 Å². The molecule has 0 radical (unpaired) electrons. The van der Waals surface area contributed by atoms with E-state index in [2.05, 4.69) is 26.8 Å². The zero-order chi connectivity index (χ0) is 12.4. The smallest absolute Gasteiger partial charge is 0.160 e. The maximum atomic E-state index is 4.31. The van der Waals surface area contributed by atoms with E-state index in [0.717, 1.165) is 11.5 Å². The van der Waals surface area contributed by atoms with Crippen LogP contribution in [0.2, 0.25) is 0 Å². The number of hydrogen-bond donors (Lipinski definition) is 1. The normalized spacial score (nSPS) is 19.2. The summed E-state index contributed by atoms with van der Waals surface area (Å²) in [6.07, 6.45) is 8.71. The fourth-order valence-electron chi connectivity index (χ4n) is 2.85. The van der Waals surface area contributed by atoms with E-state index >= 15 is 0 Å². The van der Waals surface area contributed by atoms with Crippen LogP contribution in [0.4, 0.5) is 0 Å². The van der Waals surface area contributed by atoms with Crippen molar-refractivity contribution < 1.29 is 0 Å². The molecule has 1 N–H and O–H groups in total. The molecule has 2 heterocycles. The van der Waals surface area contributed by atoms with Crippen LogP contribution in [0.1, 0.15) is 50.9 Å². The van der Waals surface area contributed by atoms with Gasteiger partial charge in [0.15, 0.2) is 11.5 Å². The van der Waals surface area contributed by atoms with Gasteiger partial charge in [-0.05, 0) is 31.9 Å². The Morgan fingerprint density at radius 3 is 2.89 bits per heavy atom. The van der Waals surface area contributed by atoms with Gasteiger partial charge in [-0.2, -0.15) is 0 Å². The summed E-state index contributed by atoms with van der Waals surface area (Å²) in [5.41, 5.74) is 0.921. The SMILES string of the molecule is CC(NC1CCCCC1)c1nnc2ccccn12. The molecule has 4 nitrogen and oxygen atoms in total. The third-order valence-electron chi connectivity index (χ3n) is 3.82. The number of rotatable bonds is 3. The van der Waals surface area contributed by atoms with Crippen molar-refractivity contribution in [2.75, 3.05) is 0 Å². The number of aromatic nitrogens is 3. The number of fused-ring (bicyclic) bond motifs is 1. The van der Waals surface area contributed by atoms with E-state index < -0.39 is 0 Å². The summed E-state index contributed by atoms with van der Waals surface area (Å²) in [5, 5.41) is 12.2. The number of nitrogens with one attached hydrogen (secondary N) is 1. The predicted molar refractivity (Wildman–Crippen MR) is 71.4 cm³/mol. The molecule has 2 aromatic heterocycles. The Hall–Kier alpha value is -1.42. The molecule has 1 fully saturated rings. The van der Waals surface area contributed by atoms with Crippen LogP contribution < -0.4 is 5.32 Å². The zero-order valence-corrected chi connectivity index (χ0v) is 10.8. The van der Waals surface area contributed by atoms with Gasteiger partial charge in [0.2, 0.25) is 0 Å². The van der Waals surface area contributed by atoms with E-state index in [4.69, 9.17) is 0 Å². The van der Waals surface area contributed by atoms with Crippen molar-refractivity contribution in [1.82, 2.24) is 19.9 Å². The first-order valence-corrected chi connectivity index (χ1v) is 6.90. The monoisotopic (exact) mass is 244 g/mol. The summed E-state index contributed by atoms with van der Waals surface area (Å²) in [6, 6.07) is 6.90. The molecule has 2 aromatic rings. The van der Waals surface area contributed by atoms with E-state index in [1.54, 1.807) is 0 Å². The van der Waals surface area contributed by atoms with Crippen LogP contribution in [0, 0.1) is 0 Å². The highest BCUT2D eigenvalue weighted by molar-refractivity contribution is 5.37. The lowest BCUT2D eigenvalue weighted by Crippen LogP contribution is -2.34. The van der Waals surface area contributed by atoms with Crippen molar-refractivity contribution in [3.8, 4) is 0 Å². The van der Waals surface area contributed by atoms with Crippen LogP contribution in [0.3, 0.4) is 0 Å². The lowest BCUT2D eigenvalue weighted by atomic mass is 9.95. The van der Waals surface area contributed by atoms with Gasteiger partial charge in [0.25, 0.3) is 0 Å². The zero-order valence-electron chi connectivity index (χ0n) is 10.8. The quantitative estimate of drug-likeness (QED) is 0.902. The molecule has 1 aliphatic carbocycles. The van der Waals surface area contributed by atoms with Gasteiger partial charge in [0, 0.05) is 12.2 Å². The first-order chi connectivity index (χ1) is 8.84. The van der Waals surface area contributed by atoms with Gasteiger partial charge in [-0.3, -0.25) is 4.40 Å². The van der Waals surface area contributed by atoms with Crippen molar-refractivity contribution in [3.63, 3.8) is 0 Å². The van der Waals surface area contributed by atoms with Gasteiger partial charge in [-0.25, -0.2) is 0 Å². The average Bonchev–Trinajstić information content (AvgIpc) is 2.84. The van der Waals surface area contributed by atoms with E-state index in [-0.39, 0.29) is 6.04 Å². The Morgan fingerprint density at radius 2 is 2.06 bits per heavy atom. The minimum Gasteiger partial charge on any atom is -0.305 e. The minimum atomic E-state index is 0.255. The second kappa shape index (κ2) is 5.06. The Bertz CT molecular complexity index is 513. The second-order valence-electron chi connectivity index (χ2n) is 5.21. The van der Waals surface area contributed by atoms with Crippen LogP contribution in [-0.2, 0) is 0 Å². The molecule has 0 bridgehead atoms. The molecule has 0 spiro atoms. The van der Waals surface area contributed by atoms with Crippen molar-refractivity contribution in [1.29, 1.82) is 0 Å². The first kappa shape index (κ1) is 11.7. The van der Waals surface area contributed by atoms with E-state index in [1.165, 1.54) is 32.1 Å². The number of nitrogens with zero attached hydrogens (tertiary/aromatic N) is 3. The van der Waals surface area contributed by atoms with Crippen LogP contribution in [-0.4, -0.2) is 20.6 Å². The molecular weight excluding hydrogens is 224 g/mol. The second-order valence-corrected chi connectivity index (χ2v) is 5.21. The maximum Gasteiger partial charge on any atom is 0.160 e. The van der Waals surface area contributed by atoms with Gasteiger partial charge in [-0.15, -0.1) is 10.2 Å². The predicted octanol–water partition coefficient (Wildman–Crippen LogP) is 2.71. The van der Waals surface area contributed by atoms with Gasteiger partial charge in [0.05, 0.1) is 6.04 Å². The molecule has 96 valence electrons. The maximum absolute atomic E-state index is 4.31. The summed E-state index contributed by atoms with van der Waals surface area (Å²) in [7, 11) is 0. The van der Waals surface area contributed by atoms with Gasteiger partial charge >= 0.3 is 0 Å². The molecule has 1 atom stereocenters. The molecule has 4 heteroatoms. The first-order valence-electron chi connectivity index (χ1n) is 6.90. The summed E-state index contributed by atoms with van der Waals surface area (Å²) in [6.45, 7) is 2.18. The molecule has 1 unspecified atom stereocenters. The third-order valence-corrected chi connectivity index (χ3v) is 3.82. The molecule has 1 aliphatic rings. The average molecular weight is 244 g/mol. The van der Waals surface area contributed by atoms with Gasteiger partial charge < -0.3 is 5.32 Å². The highest BCUT2D eigenvalue weighted by Crippen LogP contribution is 2.21. The van der Waals surface area contributed by atoms with Crippen LogP contribution in [0.15, 0.2) is 24.4 Å². The Balaban J connectivity index is 1.76. The molecule has 0 saturated heterocycles. The third kappa shape index (κ3) is 2.25. The number of pyridine rings is 1. The van der Waals surface area contributed by atoms with Crippen LogP contribution in [0.5, 0.6) is 0 Å². The van der Waals surface area contributed by atoms with E-state index in [1.807, 2.05) is 24.4 Å². The summed E-state index contributed by atoms with van der Waals surface area (Å²) < 4.78 is 2.07. The molecule has 3 rings (SSSR count). The Labute approximate surface area is 107 Å². The summed E-state index contributed by atoms with van der Waals surface area (Å²) in [4.78, 5) is 0. The van der Waals surface area contributed by atoms with Crippen molar-refractivity contribution in [2.24, 2.45) is 0 Å². The largest absolute Gasteiger partial charge is 0.305 e. The van der Waals surface area contributed by atoms with Crippen molar-refractivity contribution in [3.05, 3.63) is 30.2 Å². The molecular formula is C14H20N4. The van der Waals surface area contributed by atoms with E-state index in [0.29, 0.717) is 6.04 Å². The Morgan fingerprint density at radius 1 is 1.22 bits per heavy atom. The molecule has 18 heavy (non-hydrogen) atoms. The topological polar surface area (TPSA) is 42.2 Å². The molecule has 0 amide bonds. The summed E-state index contributed by atoms with van der Waals surface area (Å²) >= 11 is 0. The Kier molecular flexibility index (Phi) is 3.28. The van der Waals surface area contributed by atoms with Gasteiger partial charge in [0.1, 0.15) is 0 Å². The van der Waals surface area contributed by atoms with Crippen molar-refractivity contribution in [2.45, 2.75) is 51.1 Å². The molecule has 0 aliphatic heterocycles. The lowest BCUT2D eigenvalue weighted by molar-refractivity contribution is 0.341. The van der Waals surface area contributed by atoms with Crippen LogP contribution >= 0.6 is 0 Å².